The monoisotopic (exact) mass is 300 g/mol. The van der Waals surface area contributed by atoms with Crippen molar-refractivity contribution in [1.82, 2.24) is 10.3 Å². The zero-order valence-electron chi connectivity index (χ0n) is 9.31. The number of rotatable bonds is 5. The van der Waals surface area contributed by atoms with Crippen molar-refractivity contribution in [3.8, 4) is 5.88 Å². The molecule has 0 aliphatic heterocycles. The van der Waals surface area contributed by atoms with Crippen molar-refractivity contribution in [2.24, 2.45) is 0 Å². The third-order valence-corrected chi connectivity index (χ3v) is 2.55. The largest absolute Gasteiger partial charge is 0.481 e. The molecule has 1 atom stereocenters. The van der Waals surface area contributed by atoms with Gasteiger partial charge in [0, 0.05) is 16.2 Å². The third-order valence-electron chi connectivity index (χ3n) is 2.11. The Hall–Kier alpha value is -1.56. The summed E-state index contributed by atoms with van der Waals surface area (Å²) in [5.74, 6) is 0.397. The normalized spacial score (nSPS) is 11.6. The van der Waals surface area contributed by atoms with Crippen molar-refractivity contribution in [3.05, 3.63) is 35.0 Å². The SMILES string of the molecule is C=CCC(NC(=O)O)c1cc(Br)cnc1OC. The lowest BCUT2D eigenvalue weighted by atomic mass is 10.1. The van der Waals surface area contributed by atoms with E-state index >= 15 is 0 Å². The van der Waals surface area contributed by atoms with Crippen molar-refractivity contribution < 1.29 is 14.6 Å². The van der Waals surface area contributed by atoms with E-state index in [4.69, 9.17) is 9.84 Å². The number of nitrogens with one attached hydrogen (secondary N) is 1. The van der Waals surface area contributed by atoms with Crippen LogP contribution in [0.1, 0.15) is 18.0 Å². The maximum absolute atomic E-state index is 10.7. The van der Waals surface area contributed by atoms with Crippen LogP contribution in [0.2, 0.25) is 0 Å². The molecule has 0 radical (unpaired) electrons. The zero-order chi connectivity index (χ0) is 12.8. The van der Waals surface area contributed by atoms with E-state index in [1.165, 1.54) is 7.11 Å². The Morgan fingerprint density at radius 1 is 1.82 bits per heavy atom. The highest BCUT2D eigenvalue weighted by Crippen LogP contribution is 2.28. The smallest absolute Gasteiger partial charge is 0.405 e. The van der Waals surface area contributed by atoms with Gasteiger partial charge in [-0.25, -0.2) is 9.78 Å². The van der Waals surface area contributed by atoms with Crippen LogP contribution < -0.4 is 10.1 Å². The van der Waals surface area contributed by atoms with Gasteiger partial charge in [-0.3, -0.25) is 0 Å². The molecular formula is C11H13BrN2O3. The van der Waals surface area contributed by atoms with Gasteiger partial charge in [0.15, 0.2) is 0 Å². The molecule has 0 aliphatic rings. The highest BCUT2D eigenvalue weighted by Gasteiger charge is 2.18. The molecular weight excluding hydrogens is 288 g/mol. The van der Waals surface area contributed by atoms with Crippen molar-refractivity contribution >= 4 is 22.0 Å². The molecule has 92 valence electrons. The molecule has 0 aromatic carbocycles. The van der Waals surface area contributed by atoms with Crippen LogP contribution in [-0.2, 0) is 0 Å². The molecule has 6 heteroatoms. The highest BCUT2D eigenvalue weighted by atomic mass is 79.9. The maximum Gasteiger partial charge on any atom is 0.405 e. The summed E-state index contributed by atoms with van der Waals surface area (Å²) in [5.41, 5.74) is 0.671. The van der Waals surface area contributed by atoms with Gasteiger partial charge in [0.05, 0.1) is 13.2 Å². The average molecular weight is 301 g/mol. The fraction of sp³-hybridized carbons (Fsp3) is 0.273. The molecule has 2 N–H and O–H groups in total. The Kier molecular flexibility index (Phi) is 4.96. The van der Waals surface area contributed by atoms with Crippen LogP contribution in [-0.4, -0.2) is 23.3 Å². The van der Waals surface area contributed by atoms with E-state index in [1.807, 2.05) is 0 Å². The molecule has 1 aromatic heterocycles. The summed E-state index contributed by atoms with van der Waals surface area (Å²) in [6, 6.07) is 1.35. The summed E-state index contributed by atoms with van der Waals surface area (Å²) < 4.78 is 5.87. The summed E-state index contributed by atoms with van der Waals surface area (Å²) >= 11 is 3.29. The predicted molar refractivity (Wildman–Crippen MR) is 67.2 cm³/mol. The van der Waals surface area contributed by atoms with Crippen LogP contribution in [0.4, 0.5) is 4.79 Å². The second-order valence-corrected chi connectivity index (χ2v) is 4.19. The lowest BCUT2D eigenvalue weighted by Gasteiger charge is -2.17. The van der Waals surface area contributed by atoms with E-state index in [1.54, 1.807) is 18.3 Å². The van der Waals surface area contributed by atoms with E-state index in [2.05, 4.69) is 32.8 Å². The van der Waals surface area contributed by atoms with Gasteiger partial charge < -0.3 is 15.2 Å². The molecule has 1 unspecified atom stereocenters. The first-order valence-corrected chi connectivity index (χ1v) is 5.67. The first-order chi connectivity index (χ1) is 8.08. The number of carboxylic acid groups (broad SMARTS) is 1. The van der Waals surface area contributed by atoms with Crippen molar-refractivity contribution in [3.63, 3.8) is 0 Å². The molecule has 0 saturated heterocycles. The van der Waals surface area contributed by atoms with Gasteiger partial charge in [0.1, 0.15) is 0 Å². The number of hydrogen-bond acceptors (Lipinski definition) is 3. The van der Waals surface area contributed by atoms with Gasteiger partial charge in [-0.05, 0) is 28.4 Å². The number of hydrogen-bond donors (Lipinski definition) is 2. The molecule has 0 bridgehead atoms. The Bertz CT molecular complexity index is 423. The maximum atomic E-state index is 10.7. The van der Waals surface area contributed by atoms with Crippen molar-refractivity contribution in [1.29, 1.82) is 0 Å². The molecule has 1 amide bonds. The Balaban J connectivity index is 3.10. The van der Waals surface area contributed by atoms with Crippen molar-refractivity contribution in [2.75, 3.05) is 7.11 Å². The molecule has 0 aliphatic carbocycles. The number of aromatic nitrogens is 1. The van der Waals surface area contributed by atoms with Gasteiger partial charge in [0.25, 0.3) is 0 Å². The first-order valence-electron chi connectivity index (χ1n) is 4.88. The molecule has 0 saturated carbocycles. The van der Waals surface area contributed by atoms with E-state index in [0.29, 0.717) is 17.9 Å². The van der Waals surface area contributed by atoms with Crippen LogP contribution in [0.15, 0.2) is 29.4 Å². The number of amides is 1. The second-order valence-electron chi connectivity index (χ2n) is 3.28. The first kappa shape index (κ1) is 13.5. The van der Waals surface area contributed by atoms with E-state index in [-0.39, 0.29) is 0 Å². The van der Waals surface area contributed by atoms with Crippen LogP contribution >= 0.6 is 15.9 Å². The van der Waals surface area contributed by atoms with E-state index < -0.39 is 12.1 Å². The highest BCUT2D eigenvalue weighted by molar-refractivity contribution is 9.10. The summed E-state index contributed by atoms with van der Waals surface area (Å²) in [7, 11) is 1.49. The number of halogens is 1. The minimum absolute atomic E-state index is 0.397. The fourth-order valence-electron chi connectivity index (χ4n) is 1.44. The van der Waals surface area contributed by atoms with Crippen LogP contribution in [0.3, 0.4) is 0 Å². The fourth-order valence-corrected chi connectivity index (χ4v) is 1.79. The Morgan fingerprint density at radius 3 is 3.06 bits per heavy atom. The van der Waals surface area contributed by atoms with E-state index in [0.717, 1.165) is 4.47 Å². The standard InChI is InChI=1S/C11H13BrN2O3/c1-3-4-9(14-11(15)16)8-5-7(12)6-13-10(8)17-2/h3,5-6,9,14H,1,4H2,2H3,(H,15,16). The lowest BCUT2D eigenvalue weighted by molar-refractivity contribution is 0.189. The molecule has 17 heavy (non-hydrogen) atoms. The van der Waals surface area contributed by atoms with Crippen molar-refractivity contribution in [2.45, 2.75) is 12.5 Å². The summed E-state index contributed by atoms with van der Waals surface area (Å²) in [5, 5.41) is 11.2. The van der Waals surface area contributed by atoms with Gasteiger partial charge >= 0.3 is 6.09 Å². The number of carbonyl (C=O) groups is 1. The molecule has 1 rings (SSSR count). The lowest BCUT2D eigenvalue weighted by Crippen LogP contribution is -2.26. The molecule has 1 heterocycles. The molecule has 0 fully saturated rings. The van der Waals surface area contributed by atoms with Crippen LogP contribution in [0.25, 0.3) is 0 Å². The third kappa shape index (κ3) is 3.74. The topological polar surface area (TPSA) is 71.5 Å². The number of methoxy groups -OCH3 is 1. The molecule has 1 aromatic rings. The molecule has 5 nitrogen and oxygen atoms in total. The Morgan fingerprint density at radius 2 is 2.53 bits per heavy atom. The van der Waals surface area contributed by atoms with Gasteiger partial charge in [0.2, 0.25) is 5.88 Å². The number of ether oxygens (including phenoxy) is 1. The zero-order valence-corrected chi connectivity index (χ0v) is 10.9. The minimum atomic E-state index is -1.10. The predicted octanol–water partition coefficient (Wildman–Crippen LogP) is 2.74. The quantitative estimate of drug-likeness (QED) is 0.820. The van der Waals surface area contributed by atoms with E-state index in [9.17, 15) is 4.79 Å². The van der Waals surface area contributed by atoms with Gasteiger partial charge in [-0.2, -0.15) is 0 Å². The van der Waals surface area contributed by atoms with Gasteiger partial charge in [-0.15, -0.1) is 6.58 Å². The summed E-state index contributed by atoms with van der Waals surface area (Å²) in [4.78, 5) is 14.8. The number of nitrogens with zero attached hydrogens (tertiary/aromatic N) is 1. The molecule has 0 spiro atoms. The Labute approximate surface area is 108 Å². The number of pyridine rings is 1. The summed E-state index contributed by atoms with van der Waals surface area (Å²) in [6.07, 6.45) is 2.59. The van der Waals surface area contributed by atoms with Crippen LogP contribution in [0, 0.1) is 0 Å². The minimum Gasteiger partial charge on any atom is -0.481 e. The average Bonchev–Trinajstić information content (AvgIpc) is 2.28. The van der Waals surface area contributed by atoms with Gasteiger partial charge in [-0.1, -0.05) is 6.08 Å². The van der Waals surface area contributed by atoms with Crippen LogP contribution in [0.5, 0.6) is 5.88 Å². The second kappa shape index (κ2) is 6.24. The summed E-state index contributed by atoms with van der Waals surface area (Å²) in [6.45, 7) is 3.61.